The van der Waals surface area contributed by atoms with Crippen LogP contribution in [0.15, 0.2) is 36.4 Å². The molecule has 4 nitrogen and oxygen atoms in total. The van der Waals surface area contributed by atoms with Gasteiger partial charge in [0.25, 0.3) is 0 Å². The molecule has 156 valence electrons. The second-order valence-corrected chi connectivity index (χ2v) is 8.99. The molecule has 0 aliphatic heterocycles. The highest BCUT2D eigenvalue weighted by molar-refractivity contribution is 9.10. The average Bonchev–Trinajstić information content (AvgIpc) is 2.75. The molecule has 0 spiro atoms. The van der Waals surface area contributed by atoms with Gasteiger partial charge in [0.05, 0.1) is 24.3 Å². The van der Waals surface area contributed by atoms with Crippen LogP contribution in [0.5, 0.6) is 11.5 Å². The van der Waals surface area contributed by atoms with E-state index in [1.165, 1.54) is 6.42 Å². The molecule has 0 bridgehead atoms. The predicted octanol–water partition coefficient (Wildman–Crippen LogP) is 6.18. The Kier molecular flexibility index (Phi) is 10.9. The molecule has 0 saturated heterocycles. The lowest BCUT2D eigenvalue weighted by molar-refractivity contribution is 0.0972. The molecule has 0 radical (unpaired) electrons. The van der Waals surface area contributed by atoms with E-state index in [0.29, 0.717) is 46.5 Å². The highest BCUT2D eigenvalue weighted by Gasteiger charge is 2.35. The van der Waals surface area contributed by atoms with E-state index in [1.54, 1.807) is 36.4 Å². The molecule has 0 atom stereocenters. The molecule has 2 aromatic rings. The summed E-state index contributed by atoms with van der Waals surface area (Å²) in [6.45, 7) is 0.800. The zero-order chi connectivity index (χ0) is 21.2. The van der Waals surface area contributed by atoms with Crippen LogP contribution in [-0.2, 0) is 0 Å². The van der Waals surface area contributed by atoms with Gasteiger partial charge in [-0.05, 0) is 18.6 Å². The summed E-state index contributed by atoms with van der Waals surface area (Å²) in [5, 5.41) is 3.47. The number of rotatable bonds is 8. The maximum Gasteiger partial charge on any atom is 0.198 e. The molecule has 3 rings (SSSR count). The maximum absolute atomic E-state index is 13.0. The van der Waals surface area contributed by atoms with Gasteiger partial charge >= 0.3 is 0 Å². The Morgan fingerprint density at radius 2 is 1.03 bits per heavy atom. The quantitative estimate of drug-likeness (QED) is 0.272. The van der Waals surface area contributed by atoms with Crippen LogP contribution in [0.3, 0.4) is 0 Å². The first-order valence-electron chi connectivity index (χ1n) is 8.95. The highest BCUT2D eigenvalue weighted by Crippen LogP contribution is 2.38. The number of carbonyl (C=O) groups is 2. The number of benzene rings is 2. The molecule has 0 N–H and O–H groups in total. The Labute approximate surface area is 204 Å². The fourth-order valence-corrected chi connectivity index (χ4v) is 4.39. The normalized spacial score (nSPS) is 11.9. The lowest BCUT2D eigenvalue weighted by atomic mass is 9.83. The Hall–Kier alpha value is -0.700. The average molecular weight is 656 g/mol. The Morgan fingerprint density at radius 1 is 0.621 bits per heavy atom. The van der Waals surface area contributed by atoms with E-state index >= 15 is 0 Å². The minimum Gasteiger partial charge on any atom is -0.492 e. The zero-order valence-corrected chi connectivity index (χ0v) is 21.9. The van der Waals surface area contributed by atoms with E-state index in [4.69, 9.17) is 9.47 Å². The first kappa shape index (κ1) is 24.6. The monoisotopic (exact) mass is 652 g/mol. The van der Waals surface area contributed by atoms with Crippen LogP contribution in [0.25, 0.3) is 0 Å². The van der Waals surface area contributed by atoms with Gasteiger partial charge in [0.1, 0.15) is 11.5 Å². The van der Waals surface area contributed by atoms with Crippen molar-refractivity contribution in [3.05, 3.63) is 58.7 Å². The molecule has 0 aromatic heterocycles. The first-order valence-corrected chi connectivity index (χ1v) is 13.4. The van der Waals surface area contributed by atoms with Gasteiger partial charge in [0, 0.05) is 32.4 Å². The minimum atomic E-state index is -0.214. The second kappa shape index (κ2) is 12.9. The van der Waals surface area contributed by atoms with Crippen molar-refractivity contribution >= 4 is 75.3 Å². The summed E-state index contributed by atoms with van der Waals surface area (Å²) in [4.78, 5) is 25.9. The summed E-state index contributed by atoms with van der Waals surface area (Å²) in [6, 6.07) is 10.2. The SMILES string of the molecule is BrCCCBr.O=C1c2ccccc2C(=O)c2c(OCCBr)ccc(OCCBr)c21. The molecular formula is C21H20Br4O4. The Bertz CT molecular complexity index is 787. The molecule has 1 aliphatic carbocycles. The number of hydrogen-bond acceptors (Lipinski definition) is 4. The van der Waals surface area contributed by atoms with Crippen LogP contribution >= 0.6 is 63.7 Å². The molecule has 0 heterocycles. The summed E-state index contributed by atoms with van der Waals surface area (Å²) in [6.07, 6.45) is 1.22. The largest absolute Gasteiger partial charge is 0.492 e. The highest BCUT2D eigenvalue weighted by atomic mass is 79.9. The number of ketones is 2. The fraction of sp³-hybridized carbons (Fsp3) is 0.333. The number of ether oxygens (including phenoxy) is 2. The zero-order valence-electron chi connectivity index (χ0n) is 15.6. The second-order valence-electron chi connectivity index (χ2n) is 5.82. The number of fused-ring (bicyclic) bond motifs is 2. The van der Waals surface area contributed by atoms with Crippen LogP contribution < -0.4 is 9.47 Å². The fourth-order valence-electron chi connectivity index (χ4n) is 2.75. The van der Waals surface area contributed by atoms with Crippen molar-refractivity contribution in [1.29, 1.82) is 0 Å². The van der Waals surface area contributed by atoms with Crippen LogP contribution in [0.2, 0.25) is 0 Å². The van der Waals surface area contributed by atoms with Gasteiger partial charge in [-0.25, -0.2) is 0 Å². The predicted molar refractivity (Wildman–Crippen MR) is 131 cm³/mol. The number of halogens is 4. The Morgan fingerprint density at radius 3 is 1.34 bits per heavy atom. The summed E-state index contributed by atoms with van der Waals surface area (Å²) >= 11 is 13.2. The van der Waals surface area contributed by atoms with E-state index in [2.05, 4.69) is 63.7 Å². The van der Waals surface area contributed by atoms with Crippen LogP contribution in [0.4, 0.5) is 0 Å². The number of hydrogen-bond donors (Lipinski definition) is 0. The van der Waals surface area contributed by atoms with Crippen LogP contribution in [-0.4, -0.2) is 46.1 Å². The molecule has 0 amide bonds. The molecule has 8 heteroatoms. The van der Waals surface area contributed by atoms with Gasteiger partial charge in [-0.2, -0.15) is 0 Å². The molecule has 0 saturated carbocycles. The van der Waals surface area contributed by atoms with Gasteiger partial charge < -0.3 is 9.47 Å². The summed E-state index contributed by atoms with van der Waals surface area (Å²) in [5.41, 5.74) is 1.37. The van der Waals surface area contributed by atoms with Crippen molar-refractivity contribution in [3.8, 4) is 11.5 Å². The number of alkyl halides is 4. The minimum absolute atomic E-state index is 0.214. The molecule has 0 unspecified atom stereocenters. The van der Waals surface area contributed by atoms with E-state index in [9.17, 15) is 9.59 Å². The molecule has 29 heavy (non-hydrogen) atoms. The van der Waals surface area contributed by atoms with Gasteiger partial charge in [0.2, 0.25) is 0 Å². The molecular weight excluding hydrogens is 636 g/mol. The van der Waals surface area contributed by atoms with Crippen molar-refractivity contribution in [3.63, 3.8) is 0 Å². The Balaban J connectivity index is 0.000000537. The summed E-state index contributed by atoms with van der Waals surface area (Å²) in [5.74, 6) is 0.384. The third-order valence-electron chi connectivity index (χ3n) is 3.94. The topological polar surface area (TPSA) is 52.6 Å². The smallest absolute Gasteiger partial charge is 0.198 e. The van der Waals surface area contributed by atoms with Crippen molar-refractivity contribution < 1.29 is 19.1 Å². The first-order chi connectivity index (χ1) is 14.1. The lowest BCUT2D eigenvalue weighted by Crippen LogP contribution is -2.23. The third kappa shape index (κ3) is 6.15. The van der Waals surface area contributed by atoms with Crippen LogP contribution in [0.1, 0.15) is 38.3 Å². The summed E-state index contributed by atoms with van der Waals surface area (Å²) in [7, 11) is 0. The molecule has 0 fully saturated rings. The number of carbonyl (C=O) groups excluding carboxylic acids is 2. The van der Waals surface area contributed by atoms with Crippen molar-refractivity contribution in [2.45, 2.75) is 6.42 Å². The third-order valence-corrected chi connectivity index (χ3v) is 5.70. The van der Waals surface area contributed by atoms with Gasteiger partial charge in [-0.1, -0.05) is 88.0 Å². The van der Waals surface area contributed by atoms with Gasteiger partial charge in [0.15, 0.2) is 11.6 Å². The van der Waals surface area contributed by atoms with E-state index < -0.39 is 0 Å². The van der Waals surface area contributed by atoms with Gasteiger partial charge in [-0.15, -0.1) is 0 Å². The van der Waals surface area contributed by atoms with E-state index in [0.717, 1.165) is 10.7 Å². The lowest BCUT2D eigenvalue weighted by Gasteiger charge is -2.22. The van der Waals surface area contributed by atoms with Crippen molar-refractivity contribution in [2.24, 2.45) is 0 Å². The maximum atomic E-state index is 13.0. The van der Waals surface area contributed by atoms with Crippen molar-refractivity contribution in [1.82, 2.24) is 0 Å². The van der Waals surface area contributed by atoms with E-state index in [-0.39, 0.29) is 22.7 Å². The molecule has 2 aromatic carbocycles. The standard InChI is InChI=1S/C18H14Br2O4.C3H6Br2/c19-7-9-23-13-5-6-14(24-10-8-20)16-15(13)17(21)11-3-1-2-4-12(11)18(16)22;4-2-1-3-5/h1-6H,7-10H2;1-3H2. The molecule has 1 aliphatic rings. The van der Waals surface area contributed by atoms with Gasteiger partial charge in [-0.3, -0.25) is 9.59 Å². The van der Waals surface area contributed by atoms with Crippen molar-refractivity contribution in [2.75, 3.05) is 34.5 Å². The summed E-state index contributed by atoms with van der Waals surface area (Å²) < 4.78 is 11.3. The van der Waals surface area contributed by atoms with E-state index in [1.807, 2.05) is 0 Å². The van der Waals surface area contributed by atoms with Crippen LogP contribution in [0, 0.1) is 0 Å².